The van der Waals surface area contributed by atoms with Crippen molar-refractivity contribution in [2.75, 3.05) is 0 Å². The van der Waals surface area contributed by atoms with E-state index in [9.17, 15) is 30.0 Å². The van der Waals surface area contributed by atoms with Gasteiger partial charge >= 0.3 is 11.9 Å². The maximum absolute atomic E-state index is 12.8. The molecule has 4 rings (SSSR count). The Morgan fingerprint density at radius 3 is 1.69 bits per heavy atom. The highest BCUT2D eigenvalue weighted by atomic mass is 16.7. The number of rotatable bonds is 4. The molecular formula is C24H18O8. The highest BCUT2D eigenvalue weighted by Gasteiger charge is 2.40. The van der Waals surface area contributed by atoms with E-state index in [-0.39, 0.29) is 40.5 Å². The SMILES string of the molecule is O=C(OC1(OC(=O)c2cc(O)cc(O)c2)C=Cc2ccccc2C1)c1cc(O)cc(O)c1. The topological polar surface area (TPSA) is 134 Å². The van der Waals surface area contributed by atoms with Crippen LogP contribution in [0, 0.1) is 0 Å². The fourth-order valence-electron chi connectivity index (χ4n) is 3.42. The highest BCUT2D eigenvalue weighted by Crippen LogP contribution is 2.33. The van der Waals surface area contributed by atoms with Crippen LogP contribution < -0.4 is 0 Å². The van der Waals surface area contributed by atoms with Crippen molar-refractivity contribution in [3.63, 3.8) is 0 Å². The second kappa shape index (κ2) is 7.99. The van der Waals surface area contributed by atoms with Gasteiger partial charge in [0, 0.05) is 18.2 Å². The van der Waals surface area contributed by atoms with Gasteiger partial charge < -0.3 is 29.9 Å². The molecule has 1 aliphatic rings. The van der Waals surface area contributed by atoms with Crippen molar-refractivity contribution >= 4 is 18.0 Å². The van der Waals surface area contributed by atoms with Gasteiger partial charge in [-0.05, 0) is 35.4 Å². The van der Waals surface area contributed by atoms with Crippen molar-refractivity contribution in [3.8, 4) is 23.0 Å². The van der Waals surface area contributed by atoms with Crippen LogP contribution in [0.2, 0.25) is 0 Å². The molecule has 0 bridgehead atoms. The minimum Gasteiger partial charge on any atom is -0.508 e. The number of hydrogen-bond donors (Lipinski definition) is 4. The van der Waals surface area contributed by atoms with Crippen LogP contribution in [-0.2, 0) is 15.9 Å². The normalized spacial score (nSPS) is 13.8. The van der Waals surface area contributed by atoms with E-state index in [1.54, 1.807) is 18.2 Å². The molecular weight excluding hydrogens is 416 g/mol. The van der Waals surface area contributed by atoms with E-state index in [1.807, 2.05) is 12.1 Å². The zero-order valence-electron chi connectivity index (χ0n) is 16.6. The van der Waals surface area contributed by atoms with Crippen LogP contribution in [0.4, 0.5) is 0 Å². The summed E-state index contributed by atoms with van der Waals surface area (Å²) in [5.41, 5.74) is 1.29. The lowest BCUT2D eigenvalue weighted by molar-refractivity contribution is -0.134. The van der Waals surface area contributed by atoms with Crippen LogP contribution in [0.1, 0.15) is 31.8 Å². The molecule has 8 nitrogen and oxygen atoms in total. The van der Waals surface area contributed by atoms with E-state index in [0.717, 1.165) is 47.5 Å². The molecule has 1 aliphatic carbocycles. The first-order chi connectivity index (χ1) is 15.2. The highest BCUT2D eigenvalue weighted by molar-refractivity contribution is 5.93. The van der Waals surface area contributed by atoms with Crippen LogP contribution in [0.15, 0.2) is 66.7 Å². The van der Waals surface area contributed by atoms with Crippen LogP contribution in [0.25, 0.3) is 6.08 Å². The van der Waals surface area contributed by atoms with Gasteiger partial charge in [0.25, 0.3) is 5.79 Å². The van der Waals surface area contributed by atoms with Gasteiger partial charge in [-0.2, -0.15) is 0 Å². The van der Waals surface area contributed by atoms with Gasteiger partial charge in [-0.3, -0.25) is 0 Å². The number of hydrogen-bond acceptors (Lipinski definition) is 8. The lowest BCUT2D eigenvalue weighted by atomic mass is 9.93. The standard InChI is InChI=1S/C24H18O8/c25-18-7-16(8-19(26)11-18)22(29)31-24(6-5-14-3-1-2-4-15(14)13-24)32-23(30)17-9-20(27)12-21(28)10-17/h1-12,25-28H,13H2. The van der Waals surface area contributed by atoms with E-state index in [1.165, 1.54) is 6.08 Å². The Labute approximate surface area is 182 Å². The zero-order valence-corrected chi connectivity index (χ0v) is 16.6. The van der Waals surface area contributed by atoms with E-state index >= 15 is 0 Å². The fourth-order valence-corrected chi connectivity index (χ4v) is 3.42. The van der Waals surface area contributed by atoms with Crippen molar-refractivity contribution in [3.05, 3.63) is 89.0 Å². The summed E-state index contributed by atoms with van der Waals surface area (Å²) in [7, 11) is 0. The third-order valence-corrected chi connectivity index (χ3v) is 4.82. The number of fused-ring (bicyclic) bond motifs is 1. The predicted octanol–water partition coefficient (Wildman–Crippen LogP) is 3.49. The maximum Gasteiger partial charge on any atom is 0.341 e. The summed E-state index contributed by atoms with van der Waals surface area (Å²) in [6, 6.07) is 13.8. The predicted molar refractivity (Wildman–Crippen MR) is 112 cm³/mol. The molecule has 8 heteroatoms. The first-order valence-electron chi connectivity index (χ1n) is 9.53. The third kappa shape index (κ3) is 4.34. The molecule has 4 N–H and O–H groups in total. The van der Waals surface area contributed by atoms with Gasteiger partial charge in [-0.25, -0.2) is 9.59 Å². The van der Waals surface area contributed by atoms with Gasteiger partial charge in [0.05, 0.1) is 17.5 Å². The summed E-state index contributed by atoms with van der Waals surface area (Å²) in [6.45, 7) is 0. The Hall–Kier alpha value is -4.46. The maximum atomic E-state index is 12.8. The minimum absolute atomic E-state index is 0.00719. The van der Waals surface area contributed by atoms with E-state index in [0.29, 0.717) is 0 Å². The van der Waals surface area contributed by atoms with Crippen molar-refractivity contribution in [1.29, 1.82) is 0 Å². The molecule has 0 spiro atoms. The summed E-state index contributed by atoms with van der Waals surface area (Å²) in [4.78, 5) is 25.6. The lowest BCUT2D eigenvalue weighted by Gasteiger charge is -2.33. The molecule has 162 valence electrons. The van der Waals surface area contributed by atoms with Crippen molar-refractivity contribution in [1.82, 2.24) is 0 Å². The fraction of sp³-hybridized carbons (Fsp3) is 0.0833. The molecule has 3 aromatic rings. The molecule has 0 saturated carbocycles. The van der Waals surface area contributed by atoms with Crippen molar-refractivity contribution in [2.45, 2.75) is 12.2 Å². The Balaban J connectivity index is 1.69. The lowest BCUT2D eigenvalue weighted by Crippen LogP contribution is -2.42. The Morgan fingerprint density at radius 2 is 1.19 bits per heavy atom. The molecule has 0 unspecified atom stereocenters. The number of aromatic hydroxyl groups is 4. The quantitative estimate of drug-likeness (QED) is 0.362. The second-order valence-electron chi connectivity index (χ2n) is 7.28. The molecule has 0 fully saturated rings. The van der Waals surface area contributed by atoms with Crippen molar-refractivity contribution < 1.29 is 39.5 Å². The number of ether oxygens (including phenoxy) is 2. The zero-order chi connectivity index (χ0) is 22.9. The van der Waals surface area contributed by atoms with Crippen LogP contribution in [0.5, 0.6) is 23.0 Å². The van der Waals surface area contributed by atoms with E-state index in [4.69, 9.17) is 9.47 Å². The van der Waals surface area contributed by atoms with Crippen molar-refractivity contribution in [2.24, 2.45) is 0 Å². The molecule has 0 saturated heterocycles. The number of phenols is 4. The monoisotopic (exact) mass is 434 g/mol. The Bertz CT molecular complexity index is 1140. The van der Waals surface area contributed by atoms with Gasteiger partial charge in [0.2, 0.25) is 0 Å². The number of phenolic OH excluding ortho intramolecular Hbond substituents is 4. The van der Waals surface area contributed by atoms with Crippen LogP contribution in [-0.4, -0.2) is 38.2 Å². The van der Waals surface area contributed by atoms with Gasteiger partial charge in [0.1, 0.15) is 23.0 Å². The molecule has 0 amide bonds. The van der Waals surface area contributed by atoms with E-state index < -0.39 is 17.7 Å². The smallest absolute Gasteiger partial charge is 0.341 e. The first-order valence-corrected chi connectivity index (χ1v) is 9.53. The molecule has 0 radical (unpaired) electrons. The average molecular weight is 434 g/mol. The molecule has 0 heterocycles. The molecule has 0 aromatic heterocycles. The molecule has 0 aliphatic heterocycles. The van der Waals surface area contributed by atoms with E-state index in [2.05, 4.69) is 0 Å². The minimum atomic E-state index is -1.86. The second-order valence-corrected chi connectivity index (χ2v) is 7.28. The van der Waals surface area contributed by atoms with Crippen LogP contribution >= 0.6 is 0 Å². The Kier molecular flexibility index (Phi) is 5.19. The number of benzene rings is 3. The largest absolute Gasteiger partial charge is 0.508 e. The van der Waals surface area contributed by atoms with Gasteiger partial charge in [-0.1, -0.05) is 30.3 Å². The molecule has 0 atom stereocenters. The van der Waals surface area contributed by atoms with Gasteiger partial charge in [-0.15, -0.1) is 0 Å². The first kappa shape index (κ1) is 20.8. The number of esters is 2. The van der Waals surface area contributed by atoms with Crippen LogP contribution in [0.3, 0.4) is 0 Å². The Morgan fingerprint density at radius 1 is 0.719 bits per heavy atom. The summed E-state index contributed by atoms with van der Waals surface area (Å²) >= 11 is 0. The molecule has 32 heavy (non-hydrogen) atoms. The summed E-state index contributed by atoms with van der Waals surface area (Å²) in [5, 5.41) is 38.7. The third-order valence-electron chi connectivity index (χ3n) is 4.82. The number of carbonyl (C=O) groups is 2. The summed E-state index contributed by atoms with van der Waals surface area (Å²) < 4.78 is 11.1. The summed E-state index contributed by atoms with van der Waals surface area (Å²) in [5.74, 6) is -5.14. The average Bonchev–Trinajstić information content (AvgIpc) is 2.72. The summed E-state index contributed by atoms with van der Waals surface area (Å²) in [6.07, 6.45) is 3.04. The van der Waals surface area contributed by atoms with Gasteiger partial charge in [0.15, 0.2) is 0 Å². The number of carbonyl (C=O) groups excluding carboxylic acids is 2. The molecule has 3 aromatic carbocycles.